The smallest absolute Gasteiger partial charge is 0.410 e. The first-order chi connectivity index (χ1) is 26.3. The summed E-state index contributed by atoms with van der Waals surface area (Å²) in [6.07, 6.45) is -0.197. The van der Waals surface area contributed by atoms with Gasteiger partial charge in [0.2, 0.25) is 11.8 Å². The second-order valence-electron chi connectivity index (χ2n) is 13.2. The molecule has 0 unspecified atom stereocenters. The number of β-lactam (4-membered cyclic amide) rings is 1. The summed E-state index contributed by atoms with van der Waals surface area (Å²) in [6, 6.07) is 15.2. The summed E-state index contributed by atoms with van der Waals surface area (Å²) in [6.45, 7) is 3.32. The number of amides is 3. The number of carbonyl (C=O) groups excluding carboxylic acids is 4. The van der Waals surface area contributed by atoms with Crippen molar-refractivity contribution >= 4 is 58.7 Å². The van der Waals surface area contributed by atoms with Gasteiger partial charge in [-0.1, -0.05) is 19.9 Å². The fourth-order valence-electron chi connectivity index (χ4n) is 7.01. The Kier molecular flexibility index (Phi) is 11.2. The number of esters is 1. The normalized spacial score (nSPS) is 21.4. The molecule has 6 rings (SSSR count). The first-order valence-electron chi connectivity index (χ1n) is 17.2. The van der Waals surface area contributed by atoms with E-state index in [0.29, 0.717) is 22.5 Å². The fraction of sp³-hybridized carbons (Fsp3) is 0.324. The van der Waals surface area contributed by atoms with Crippen LogP contribution in [0.3, 0.4) is 0 Å². The maximum Gasteiger partial charge on any atom is 0.410 e. The summed E-state index contributed by atoms with van der Waals surface area (Å²) in [5, 5.41) is 33.7. The van der Waals surface area contributed by atoms with Crippen LogP contribution in [-0.2, 0) is 37.1 Å². The van der Waals surface area contributed by atoms with Gasteiger partial charge in [-0.15, -0.1) is 11.8 Å². The van der Waals surface area contributed by atoms with Crippen LogP contribution in [0.1, 0.15) is 48.2 Å². The van der Waals surface area contributed by atoms with Crippen LogP contribution in [-0.4, -0.2) is 78.5 Å². The highest BCUT2D eigenvalue weighted by Gasteiger charge is 2.58. The summed E-state index contributed by atoms with van der Waals surface area (Å²) in [5.41, 5.74) is 0.916. The third-order valence-electron chi connectivity index (χ3n) is 9.80. The van der Waals surface area contributed by atoms with Crippen LogP contribution in [0.5, 0.6) is 0 Å². The standard InChI is InChI=1S/C37H35N5O12S/c1-3-28-30-20(2)32(31(40(30)34(28)44)36(47)53-18-21-7-11-25(12-8-21)41(49)50)55-27-16-29(33(43)38-24-6-4-5-23(15-24)35(45)46)39(17-27)37(48)54-19-22-9-13-26(14-10-22)42(51)52/h4-15,20,27-30H,3,16-19H2,1-2H3,(H,38,43)(H,45,46)/t20-,27+,28-,29+,30-/m1/s1. The number of hydrogen-bond donors (Lipinski definition) is 2. The Morgan fingerprint density at radius 2 is 1.53 bits per heavy atom. The van der Waals surface area contributed by atoms with Crippen LogP contribution in [0.4, 0.5) is 21.9 Å². The summed E-state index contributed by atoms with van der Waals surface area (Å²) in [4.78, 5) is 90.2. The number of aromatic carboxylic acids is 1. The number of benzene rings is 3. The zero-order chi connectivity index (χ0) is 39.6. The molecule has 18 heteroatoms. The Balaban J connectivity index is 1.24. The van der Waals surface area contributed by atoms with Crippen LogP contribution in [0, 0.1) is 32.1 Å². The zero-order valence-corrected chi connectivity index (χ0v) is 30.3. The zero-order valence-electron chi connectivity index (χ0n) is 29.5. The Hall–Kier alpha value is -6.30. The number of anilines is 1. The number of carbonyl (C=O) groups is 5. The molecule has 3 heterocycles. The minimum absolute atomic E-state index is 0.00578. The lowest BCUT2D eigenvalue weighted by Crippen LogP contribution is -2.60. The van der Waals surface area contributed by atoms with E-state index < -0.39 is 45.1 Å². The molecule has 0 saturated carbocycles. The predicted molar refractivity (Wildman–Crippen MR) is 195 cm³/mol. The first-order valence-corrected chi connectivity index (χ1v) is 18.1. The minimum Gasteiger partial charge on any atom is -0.478 e. The molecule has 3 amide bonds. The molecule has 5 atom stereocenters. The molecule has 2 N–H and O–H groups in total. The Bertz CT molecular complexity index is 2090. The predicted octanol–water partition coefficient (Wildman–Crippen LogP) is 5.49. The van der Waals surface area contributed by atoms with E-state index in [-0.39, 0.29) is 78.3 Å². The number of ether oxygens (including phenoxy) is 2. The first kappa shape index (κ1) is 38.4. The monoisotopic (exact) mass is 773 g/mol. The number of nitro groups is 2. The molecule has 3 aromatic rings. The van der Waals surface area contributed by atoms with Crippen molar-refractivity contribution in [2.24, 2.45) is 11.8 Å². The van der Waals surface area contributed by atoms with E-state index in [9.17, 15) is 49.3 Å². The van der Waals surface area contributed by atoms with Gasteiger partial charge in [-0.3, -0.25) is 34.7 Å². The van der Waals surface area contributed by atoms with E-state index in [4.69, 9.17) is 9.47 Å². The third-order valence-corrected chi connectivity index (χ3v) is 11.3. The number of fused-ring (bicyclic) bond motifs is 1. The van der Waals surface area contributed by atoms with Crippen LogP contribution in [0.25, 0.3) is 0 Å². The summed E-state index contributed by atoms with van der Waals surface area (Å²) >= 11 is 1.26. The molecule has 2 saturated heterocycles. The van der Waals surface area contributed by atoms with E-state index in [1.807, 2.05) is 13.8 Å². The van der Waals surface area contributed by atoms with E-state index in [2.05, 4.69) is 5.32 Å². The number of thioether (sulfide) groups is 1. The quantitative estimate of drug-likeness (QED) is 0.0948. The molecular formula is C37H35N5O12S. The van der Waals surface area contributed by atoms with E-state index >= 15 is 0 Å². The summed E-state index contributed by atoms with van der Waals surface area (Å²) in [7, 11) is 0. The van der Waals surface area contributed by atoms with E-state index in [1.54, 1.807) is 0 Å². The van der Waals surface area contributed by atoms with Crippen molar-refractivity contribution in [3.63, 3.8) is 0 Å². The number of hydrogen-bond acceptors (Lipinski definition) is 12. The van der Waals surface area contributed by atoms with Gasteiger partial charge in [-0.2, -0.15) is 0 Å². The Morgan fingerprint density at radius 3 is 2.09 bits per heavy atom. The molecule has 0 radical (unpaired) electrons. The maximum absolute atomic E-state index is 13.8. The number of rotatable bonds is 13. The molecule has 3 aliphatic rings. The number of carboxylic acids is 1. The van der Waals surface area contributed by atoms with Gasteiger partial charge in [0, 0.05) is 52.6 Å². The van der Waals surface area contributed by atoms with Crippen molar-refractivity contribution in [2.45, 2.75) is 57.2 Å². The molecule has 286 valence electrons. The molecule has 0 spiro atoms. The molecule has 0 aromatic heterocycles. The second kappa shape index (κ2) is 16.0. The second-order valence-corrected chi connectivity index (χ2v) is 14.6. The van der Waals surface area contributed by atoms with Gasteiger partial charge in [0.1, 0.15) is 25.0 Å². The van der Waals surface area contributed by atoms with Gasteiger partial charge >= 0.3 is 18.0 Å². The highest BCUT2D eigenvalue weighted by atomic mass is 32.2. The number of non-ortho nitro benzene ring substituents is 2. The molecule has 0 aliphatic carbocycles. The number of nitro benzene ring substituents is 2. The number of likely N-dealkylation sites (tertiary alicyclic amines) is 1. The Morgan fingerprint density at radius 1 is 0.927 bits per heavy atom. The van der Waals surface area contributed by atoms with Gasteiger partial charge in [0.25, 0.3) is 11.4 Å². The van der Waals surface area contributed by atoms with Crippen molar-refractivity contribution in [3.05, 3.63) is 120 Å². The van der Waals surface area contributed by atoms with Gasteiger partial charge in [-0.25, -0.2) is 14.4 Å². The molecular weight excluding hydrogens is 738 g/mol. The molecule has 55 heavy (non-hydrogen) atoms. The lowest BCUT2D eigenvalue weighted by molar-refractivity contribution is -0.385. The van der Waals surface area contributed by atoms with Gasteiger partial charge in [0.15, 0.2) is 0 Å². The summed E-state index contributed by atoms with van der Waals surface area (Å²) < 4.78 is 11.2. The summed E-state index contributed by atoms with van der Waals surface area (Å²) in [5.74, 6) is -3.40. The lowest BCUT2D eigenvalue weighted by atomic mass is 9.81. The van der Waals surface area contributed by atoms with E-state index in [1.165, 1.54) is 94.4 Å². The van der Waals surface area contributed by atoms with Crippen molar-refractivity contribution in [3.8, 4) is 0 Å². The molecule has 2 fully saturated rings. The highest BCUT2D eigenvalue weighted by molar-refractivity contribution is 8.03. The van der Waals surface area contributed by atoms with Gasteiger partial charge < -0.3 is 24.8 Å². The van der Waals surface area contributed by atoms with Crippen LogP contribution >= 0.6 is 11.8 Å². The average molecular weight is 774 g/mol. The maximum atomic E-state index is 13.8. The van der Waals surface area contributed by atoms with Crippen molar-refractivity contribution in [2.75, 3.05) is 11.9 Å². The third kappa shape index (κ3) is 7.98. The fourth-order valence-corrected chi connectivity index (χ4v) is 8.53. The topological polar surface area (TPSA) is 229 Å². The number of carboxylic acid groups (broad SMARTS) is 1. The van der Waals surface area contributed by atoms with Gasteiger partial charge in [-0.05, 0) is 66.4 Å². The largest absolute Gasteiger partial charge is 0.478 e. The van der Waals surface area contributed by atoms with Crippen molar-refractivity contribution in [1.29, 1.82) is 0 Å². The SMILES string of the molecule is CC[C@H]1C(=O)N2C(C(=O)OCc3ccc([N+](=O)[O-])cc3)=C(S[C@H]3C[C@@H](C(=O)Nc4cccc(C(=O)O)c4)N(C(=O)OCc4ccc([N+](=O)[O-])cc4)C3)[C@H](C)[C@H]12. The van der Waals surface area contributed by atoms with Gasteiger partial charge in [0.05, 0.1) is 27.4 Å². The van der Waals surface area contributed by atoms with Crippen LogP contribution in [0.15, 0.2) is 83.4 Å². The van der Waals surface area contributed by atoms with Crippen molar-refractivity contribution < 1.29 is 48.4 Å². The number of nitrogens with one attached hydrogen (secondary N) is 1. The van der Waals surface area contributed by atoms with Crippen LogP contribution < -0.4 is 5.32 Å². The van der Waals surface area contributed by atoms with E-state index in [0.717, 1.165) is 0 Å². The molecule has 0 bridgehead atoms. The Labute approximate surface area is 317 Å². The average Bonchev–Trinajstić information content (AvgIpc) is 3.70. The minimum atomic E-state index is -1.19. The van der Waals surface area contributed by atoms with Crippen LogP contribution in [0.2, 0.25) is 0 Å². The molecule has 17 nitrogen and oxygen atoms in total. The van der Waals surface area contributed by atoms with Crippen molar-refractivity contribution in [1.82, 2.24) is 9.80 Å². The number of nitrogens with zero attached hydrogens (tertiary/aromatic N) is 4. The molecule has 3 aliphatic heterocycles. The highest BCUT2D eigenvalue weighted by Crippen LogP contribution is 2.52. The molecule has 3 aromatic carbocycles. The lowest BCUT2D eigenvalue weighted by Gasteiger charge is -2.45.